The van der Waals surface area contributed by atoms with Gasteiger partial charge in [-0.05, 0) is 24.3 Å². The molecule has 0 aliphatic heterocycles. The van der Waals surface area contributed by atoms with E-state index in [9.17, 15) is 13.2 Å². The number of hydrogen-bond donors (Lipinski definition) is 0. The van der Waals surface area contributed by atoms with Crippen LogP contribution in [0.5, 0.6) is 17.2 Å². The second-order valence-electron chi connectivity index (χ2n) is 5.57. The summed E-state index contributed by atoms with van der Waals surface area (Å²) in [4.78, 5) is 0. The molecule has 0 fully saturated rings. The average Bonchev–Trinajstić information content (AvgIpc) is 3.16. The standard InChI is InChI=1S/C19H16F3NO4/c1-24-16-8-12(9-17(25-2)18(16)26-3)15-10-14(23-27-15)11-5-4-6-13(7-11)19(20,21)22/h4-10H,1-3H3. The Balaban J connectivity index is 2.02. The Bertz CT molecular complexity index is 925. The first kappa shape index (κ1) is 18.6. The lowest BCUT2D eigenvalue weighted by atomic mass is 10.1. The summed E-state index contributed by atoms with van der Waals surface area (Å²) in [6.07, 6.45) is -4.43. The van der Waals surface area contributed by atoms with Crippen molar-refractivity contribution < 1.29 is 31.9 Å². The third kappa shape index (κ3) is 3.69. The van der Waals surface area contributed by atoms with Crippen LogP contribution in [0, 0.1) is 0 Å². The maximum atomic E-state index is 12.9. The largest absolute Gasteiger partial charge is 0.493 e. The molecule has 0 aliphatic rings. The number of methoxy groups -OCH3 is 3. The number of hydrogen-bond acceptors (Lipinski definition) is 5. The highest BCUT2D eigenvalue weighted by molar-refractivity contribution is 5.71. The van der Waals surface area contributed by atoms with Crippen LogP contribution in [0.1, 0.15) is 5.56 Å². The van der Waals surface area contributed by atoms with Gasteiger partial charge in [-0.25, -0.2) is 0 Å². The van der Waals surface area contributed by atoms with Crippen molar-refractivity contribution in [3.63, 3.8) is 0 Å². The molecule has 0 aliphatic carbocycles. The smallest absolute Gasteiger partial charge is 0.416 e. The molecule has 27 heavy (non-hydrogen) atoms. The fourth-order valence-corrected chi connectivity index (χ4v) is 2.63. The zero-order valence-electron chi connectivity index (χ0n) is 14.8. The van der Waals surface area contributed by atoms with Gasteiger partial charge in [0.2, 0.25) is 5.75 Å². The summed E-state index contributed by atoms with van der Waals surface area (Å²) in [7, 11) is 4.45. The van der Waals surface area contributed by atoms with Crippen molar-refractivity contribution in [3.8, 4) is 39.8 Å². The van der Waals surface area contributed by atoms with Crippen molar-refractivity contribution in [2.24, 2.45) is 0 Å². The van der Waals surface area contributed by atoms with Gasteiger partial charge in [-0.3, -0.25) is 0 Å². The predicted molar refractivity (Wildman–Crippen MR) is 92.0 cm³/mol. The van der Waals surface area contributed by atoms with Crippen molar-refractivity contribution in [1.29, 1.82) is 0 Å². The summed E-state index contributed by atoms with van der Waals surface area (Å²) in [6.45, 7) is 0. The van der Waals surface area contributed by atoms with Crippen molar-refractivity contribution >= 4 is 0 Å². The third-order valence-corrected chi connectivity index (χ3v) is 3.95. The molecular weight excluding hydrogens is 363 g/mol. The Morgan fingerprint density at radius 3 is 2.07 bits per heavy atom. The quantitative estimate of drug-likeness (QED) is 0.621. The molecule has 5 nitrogen and oxygen atoms in total. The van der Waals surface area contributed by atoms with Gasteiger partial charge in [0, 0.05) is 17.2 Å². The molecule has 3 aromatic rings. The van der Waals surface area contributed by atoms with Gasteiger partial charge in [-0.1, -0.05) is 17.3 Å². The average molecular weight is 379 g/mol. The van der Waals surface area contributed by atoms with Crippen LogP contribution in [0.15, 0.2) is 47.0 Å². The van der Waals surface area contributed by atoms with E-state index in [0.717, 1.165) is 12.1 Å². The lowest BCUT2D eigenvalue weighted by molar-refractivity contribution is -0.137. The van der Waals surface area contributed by atoms with E-state index in [2.05, 4.69) is 5.16 Å². The molecule has 0 amide bonds. The molecule has 2 aromatic carbocycles. The van der Waals surface area contributed by atoms with E-state index < -0.39 is 11.7 Å². The van der Waals surface area contributed by atoms with Crippen molar-refractivity contribution in [2.75, 3.05) is 21.3 Å². The second kappa shape index (κ2) is 7.22. The van der Waals surface area contributed by atoms with E-state index in [1.807, 2.05) is 0 Å². The first-order valence-electron chi connectivity index (χ1n) is 7.82. The van der Waals surface area contributed by atoms with Gasteiger partial charge < -0.3 is 18.7 Å². The van der Waals surface area contributed by atoms with E-state index >= 15 is 0 Å². The highest BCUT2D eigenvalue weighted by atomic mass is 19.4. The molecule has 0 bridgehead atoms. The number of nitrogens with zero attached hydrogens (tertiary/aromatic N) is 1. The lowest BCUT2D eigenvalue weighted by Gasteiger charge is -2.12. The van der Waals surface area contributed by atoms with Crippen LogP contribution in [0.3, 0.4) is 0 Å². The number of benzene rings is 2. The summed E-state index contributed by atoms with van der Waals surface area (Å²) < 4.78 is 59.9. The molecule has 0 saturated carbocycles. The summed E-state index contributed by atoms with van der Waals surface area (Å²) >= 11 is 0. The van der Waals surface area contributed by atoms with Crippen LogP contribution < -0.4 is 14.2 Å². The first-order chi connectivity index (χ1) is 12.9. The van der Waals surface area contributed by atoms with Gasteiger partial charge >= 0.3 is 6.18 Å². The fraction of sp³-hybridized carbons (Fsp3) is 0.211. The fourth-order valence-electron chi connectivity index (χ4n) is 2.63. The molecule has 0 saturated heterocycles. The van der Waals surface area contributed by atoms with Crippen LogP contribution in [-0.2, 0) is 6.18 Å². The van der Waals surface area contributed by atoms with Crippen LogP contribution in [-0.4, -0.2) is 26.5 Å². The number of aromatic nitrogens is 1. The van der Waals surface area contributed by atoms with Crippen LogP contribution in [0.25, 0.3) is 22.6 Å². The summed E-state index contributed by atoms with van der Waals surface area (Å²) in [5, 5.41) is 3.88. The van der Waals surface area contributed by atoms with Gasteiger partial charge in [-0.15, -0.1) is 0 Å². The monoisotopic (exact) mass is 379 g/mol. The van der Waals surface area contributed by atoms with E-state index in [-0.39, 0.29) is 5.69 Å². The molecule has 3 rings (SSSR count). The minimum absolute atomic E-state index is 0.282. The predicted octanol–water partition coefficient (Wildman–Crippen LogP) is 5.05. The second-order valence-corrected chi connectivity index (χ2v) is 5.57. The van der Waals surface area contributed by atoms with Crippen molar-refractivity contribution in [3.05, 3.63) is 48.0 Å². The van der Waals surface area contributed by atoms with E-state index in [0.29, 0.717) is 34.1 Å². The van der Waals surface area contributed by atoms with Crippen LogP contribution in [0.2, 0.25) is 0 Å². The Morgan fingerprint density at radius 2 is 1.52 bits per heavy atom. The highest BCUT2D eigenvalue weighted by Crippen LogP contribution is 2.42. The topological polar surface area (TPSA) is 53.7 Å². The number of rotatable bonds is 5. The van der Waals surface area contributed by atoms with Crippen molar-refractivity contribution in [2.45, 2.75) is 6.18 Å². The molecule has 0 N–H and O–H groups in total. The van der Waals surface area contributed by atoms with Gasteiger partial charge in [0.05, 0.1) is 26.9 Å². The molecule has 8 heteroatoms. The minimum Gasteiger partial charge on any atom is -0.493 e. The SMILES string of the molecule is COc1cc(-c2cc(-c3cccc(C(F)(F)F)c3)no2)cc(OC)c1OC. The molecule has 1 heterocycles. The number of alkyl halides is 3. The Kier molecular flexibility index (Phi) is 4.98. The maximum absolute atomic E-state index is 12.9. The molecule has 142 valence electrons. The van der Waals surface area contributed by atoms with E-state index in [1.54, 1.807) is 18.2 Å². The Morgan fingerprint density at radius 1 is 0.852 bits per heavy atom. The Hall–Kier alpha value is -3.16. The summed E-state index contributed by atoms with van der Waals surface area (Å²) in [6, 6.07) is 9.77. The number of halogens is 3. The molecular formula is C19H16F3NO4. The molecule has 0 spiro atoms. The summed E-state index contributed by atoms with van der Waals surface area (Å²) in [5.74, 6) is 1.61. The van der Waals surface area contributed by atoms with Gasteiger partial charge in [0.1, 0.15) is 5.69 Å². The zero-order chi connectivity index (χ0) is 19.6. The third-order valence-electron chi connectivity index (χ3n) is 3.95. The number of ether oxygens (including phenoxy) is 3. The normalized spacial score (nSPS) is 11.3. The maximum Gasteiger partial charge on any atom is 0.416 e. The van der Waals surface area contributed by atoms with Crippen molar-refractivity contribution in [1.82, 2.24) is 5.16 Å². The van der Waals surface area contributed by atoms with E-state index in [4.69, 9.17) is 18.7 Å². The lowest BCUT2D eigenvalue weighted by Crippen LogP contribution is -2.04. The van der Waals surface area contributed by atoms with Gasteiger partial charge in [0.25, 0.3) is 0 Å². The van der Waals surface area contributed by atoms with Gasteiger partial charge in [0.15, 0.2) is 17.3 Å². The molecule has 0 radical (unpaired) electrons. The Labute approximate surface area is 153 Å². The summed E-state index contributed by atoms with van der Waals surface area (Å²) in [5.41, 5.74) is 0.407. The van der Waals surface area contributed by atoms with E-state index in [1.165, 1.54) is 33.5 Å². The molecule has 0 atom stereocenters. The highest BCUT2D eigenvalue weighted by Gasteiger charge is 2.30. The molecule has 1 aromatic heterocycles. The van der Waals surface area contributed by atoms with Crippen LogP contribution in [0.4, 0.5) is 13.2 Å². The first-order valence-corrected chi connectivity index (χ1v) is 7.82. The minimum atomic E-state index is -4.43. The van der Waals surface area contributed by atoms with Gasteiger partial charge in [-0.2, -0.15) is 13.2 Å². The van der Waals surface area contributed by atoms with Crippen LogP contribution >= 0.6 is 0 Å². The molecule has 0 unspecified atom stereocenters. The zero-order valence-corrected chi connectivity index (χ0v) is 14.8.